The number of anilines is 3. The Morgan fingerprint density at radius 2 is 1.50 bits per heavy atom. The van der Waals surface area contributed by atoms with Gasteiger partial charge in [-0.1, -0.05) is 24.3 Å². The second-order valence-electron chi connectivity index (χ2n) is 7.75. The number of hydrogen-bond acceptors (Lipinski definition) is 5. The monoisotopic (exact) mass is 399 g/mol. The minimum absolute atomic E-state index is 0.0536. The van der Waals surface area contributed by atoms with Gasteiger partial charge in [0, 0.05) is 56.4 Å². The van der Waals surface area contributed by atoms with Crippen LogP contribution in [-0.2, 0) is 6.42 Å². The Balaban J connectivity index is 1.31. The number of rotatable bonds is 3. The van der Waals surface area contributed by atoms with Crippen LogP contribution < -0.4 is 14.7 Å². The quantitative estimate of drug-likeness (QED) is 0.676. The summed E-state index contributed by atoms with van der Waals surface area (Å²) in [5.41, 5.74) is 2.98. The summed E-state index contributed by atoms with van der Waals surface area (Å²) in [5.74, 6) is 1.93. The fourth-order valence-corrected chi connectivity index (χ4v) is 4.33. The van der Waals surface area contributed by atoms with E-state index in [1.54, 1.807) is 6.20 Å². The lowest BCUT2D eigenvalue weighted by atomic mass is 10.0. The van der Waals surface area contributed by atoms with E-state index in [1.807, 2.05) is 59.6 Å². The van der Waals surface area contributed by atoms with Crippen LogP contribution in [0.4, 0.5) is 17.3 Å². The molecule has 2 aliphatic heterocycles. The standard InChI is InChI=1S/C24H25N5O/c30-24(29-13-5-7-19-6-1-2-8-21(19)29)20-10-12-26-23(18-20)28-16-14-27(15-17-28)22-9-3-4-11-25-22/h1-4,6,8-12,18H,5,7,13-17H2. The molecule has 4 heterocycles. The Morgan fingerprint density at radius 1 is 0.767 bits per heavy atom. The van der Waals surface area contributed by atoms with Gasteiger partial charge in [-0.2, -0.15) is 0 Å². The lowest BCUT2D eigenvalue weighted by molar-refractivity contribution is 0.0985. The smallest absolute Gasteiger partial charge is 0.258 e. The largest absolute Gasteiger partial charge is 0.353 e. The van der Waals surface area contributed by atoms with E-state index in [4.69, 9.17) is 0 Å². The van der Waals surface area contributed by atoms with Gasteiger partial charge in [0.15, 0.2) is 0 Å². The number of aryl methyl sites for hydroxylation is 1. The molecule has 3 aromatic rings. The molecule has 2 aromatic heterocycles. The lowest BCUT2D eigenvalue weighted by Crippen LogP contribution is -2.47. The van der Waals surface area contributed by atoms with Crippen LogP contribution in [0.25, 0.3) is 0 Å². The van der Waals surface area contributed by atoms with Crippen molar-refractivity contribution in [2.75, 3.05) is 47.4 Å². The van der Waals surface area contributed by atoms with E-state index in [0.717, 1.165) is 62.9 Å². The Hall–Kier alpha value is -3.41. The Morgan fingerprint density at radius 3 is 2.30 bits per heavy atom. The van der Waals surface area contributed by atoms with Crippen LogP contribution in [0, 0.1) is 0 Å². The second kappa shape index (κ2) is 8.14. The van der Waals surface area contributed by atoms with E-state index in [1.165, 1.54) is 5.56 Å². The average Bonchev–Trinajstić information content (AvgIpc) is 2.84. The molecule has 0 N–H and O–H groups in total. The number of aromatic nitrogens is 2. The number of piperazine rings is 1. The van der Waals surface area contributed by atoms with Gasteiger partial charge in [-0.25, -0.2) is 9.97 Å². The summed E-state index contributed by atoms with van der Waals surface area (Å²) < 4.78 is 0. The predicted octanol–water partition coefficient (Wildman–Crippen LogP) is 3.40. The molecule has 6 nitrogen and oxygen atoms in total. The summed E-state index contributed by atoms with van der Waals surface area (Å²) in [4.78, 5) is 28.8. The number of pyridine rings is 2. The van der Waals surface area contributed by atoms with E-state index in [0.29, 0.717) is 5.56 Å². The molecule has 0 aliphatic carbocycles. The predicted molar refractivity (Wildman–Crippen MR) is 119 cm³/mol. The van der Waals surface area contributed by atoms with E-state index >= 15 is 0 Å². The van der Waals surface area contributed by atoms with Gasteiger partial charge in [-0.3, -0.25) is 4.79 Å². The Kier molecular flexibility index (Phi) is 5.05. The van der Waals surface area contributed by atoms with Crippen molar-refractivity contribution in [3.63, 3.8) is 0 Å². The van der Waals surface area contributed by atoms with Crippen molar-refractivity contribution in [1.82, 2.24) is 9.97 Å². The van der Waals surface area contributed by atoms with Crippen LogP contribution in [0.3, 0.4) is 0 Å². The maximum Gasteiger partial charge on any atom is 0.258 e. The van der Waals surface area contributed by atoms with E-state index < -0.39 is 0 Å². The number of nitrogens with zero attached hydrogens (tertiary/aromatic N) is 5. The highest BCUT2D eigenvalue weighted by Gasteiger charge is 2.25. The number of carbonyl (C=O) groups excluding carboxylic acids is 1. The van der Waals surface area contributed by atoms with Crippen molar-refractivity contribution >= 4 is 23.2 Å². The molecule has 0 radical (unpaired) electrons. The van der Waals surface area contributed by atoms with Crippen LogP contribution in [0.2, 0.25) is 0 Å². The lowest BCUT2D eigenvalue weighted by Gasteiger charge is -2.36. The zero-order chi connectivity index (χ0) is 20.3. The van der Waals surface area contributed by atoms with Crippen molar-refractivity contribution in [3.8, 4) is 0 Å². The molecule has 1 amide bonds. The highest BCUT2D eigenvalue weighted by molar-refractivity contribution is 6.07. The summed E-state index contributed by atoms with van der Waals surface area (Å²) in [6.45, 7) is 4.24. The zero-order valence-corrected chi connectivity index (χ0v) is 16.9. The van der Waals surface area contributed by atoms with E-state index in [9.17, 15) is 4.79 Å². The molecule has 1 saturated heterocycles. The number of amides is 1. The molecule has 0 unspecified atom stereocenters. The van der Waals surface area contributed by atoms with Crippen LogP contribution in [0.15, 0.2) is 67.0 Å². The SMILES string of the molecule is O=C(c1ccnc(N2CCN(c3ccccn3)CC2)c1)N1CCCc2ccccc21. The summed E-state index contributed by atoms with van der Waals surface area (Å²) in [6, 6.07) is 18.0. The van der Waals surface area contributed by atoms with Crippen molar-refractivity contribution in [1.29, 1.82) is 0 Å². The van der Waals surface area contributed by atoms with Gasteiger partial charge in [0.05, 0.1) is 0 Å². The van der Waals surface area contributed by atoms with Crippen molar-refractivity contribution in [2.24, 2.45) is 0 Å². The topological polar surface area (TPSA) is 52.6 Å². The number of benzene rings is 1. The van der Waals surface area contributed by atoms with E-state index in [2.05, 4.69) is 25.8 Å². The Bertz CT molecular complexity index is 1030. The van der Waals surface area contributed by atoms with Gasteiger partial charge in [0.25, 0.3) is 5.91 Å². The minimum Gasteiger partial charge on any atom is -0.353 e. The van der Waals surface area contributed by atoms with Gasteiger partial charge in [0.2, 0.25) is 0 Å². The van der Waals surface area contributed by atoms with E-state index in [-0.39, 0.29) is 5.91 Å². The van der Waals surface area contributed by atoms with Crippen LogP contribution >= 0.6 is 0 Å². The maximum absolute atomic E-state index is 13.3. The third-order valence-corrected chi connectivity index (χ3v) is 5.92. The summed E-state index contributed by atoms with van der Waals surface area (Å²) >= 11 is 0. The molecule has 0 bridgehead atoms. The fraction of sp³-hybridized carbons (Fsp3) is 0.292. The molecule has 5 rings (SSSR count). The van der Waals surface area contributed by atoms with Gasteiger partial charge < -0.3 is 14.7 Å². The van der Waals surface area contributed by atoms with Crippen LogP contribution in [0.5, 0.6) is 0 Å². The van der Waals surface area contributed by atoms with Crippen molar-refractivity contribution in [2.45, 2.75) is 12.8 Å². The molecule has 0 spiro atoms. The molecular formula is C24H25N5O. The van der Waals surface area contributed by atoms with Crippen LogP contribution in [0.1, 0.15) is 22.3 Å². The summed E-state index contributed by atoms with van der Waals surface area (Å²) in [6.07, 6.45) is 5.61. The number of fused-ring (bicyclic) bond motifs is 1. The maximum atomic E-state index is 13.3. The first-order valence-electron chi connectivity index (χ1n) is 10.6. The summed E-state index contributed by atoms with van der Waals surface area (Å²) in [5, 5.41) is 0. The first kappa shape index (κ1) is 18.6. The molecular weight excluding hydrogens is 374 g/mol. The fourth-order valence-electron chi connectivity index (χ4n) is 4.33. The molecule has 0 saturated carbocycles. The first-order valence-corrected chi connectivity index (χ1v) is 10.6. The number of para-hydroxylation sites is 1. The average molecular weight is 399 g/mol. The molecule has 0 atom stereocenters. The third kappa shape index (κ3) is 3.61. The molecule has 6 heteroatoms. The van der Waals surface area contributed by atoms with Gasteiger partial charge in [-0.15, -0.1) is 0 Å². The highest BCUT2D eigenvalue weighted by atomic mass is 16.2. The molecule has 2 aliphatic rings. The van der Waals surface area contributed by atoms with Crippen molar-refractivity contribution in [3.05, 3.63) is 78.1 Å². The first-order chi connectivity index (χ1) is 14.8. The minimum atomic E-state index is 0.0536. The van der Waals surface area contributed by atoms with Gasteiger partial charge in [0.1, 0.15) is 11.6 Å². The Labute approximate surface area is 176 Å². The third-order valence-electron chi connectivity index (χ3n) is 5.92. The molecule has 30 heavy (non-hydrogen) atoms. The highest BCUT2D eigenvalue weighted by Crippen LogP contribution is 2.28. The summed E-state index contributed by atoms with van der Waals surface area (Å²) in [7, 11) is 0. The number of carbonyl (C=O) groups is 1. The van der Waals surface area contributed by atoms with Crippen LogP contribution in [-0.4, -0.2) is 48.6 Å². The zero-order valence-electron chi connectivity index (χ0n) is 16.9. The normalized spacial score (nSPS) is 16.3. The second-order valence-corrected chi connectivity index (χ2v) is 7.75. The molecule has 152 valence electrons. The van der Waals surface area contributed by atoms with Crippen molar-refractivity contribution < 1.29 is 4.79 Å². The van der Waals surface area contributed by atoms with Gasteiger partial charge in [-0.05, 0) is 48.7 Å². The molecule has 1 aromatic carbocycles. The number of hydrogen-bond donors (Lipinski definition) is 0. The van der Waals surface area contributed by atoms with Gasteiger partial charge >= 0.3 is 0 Å². The molecule has 1 fully saturated rings.